The van der Waals surface area contributed by atoms with E-state index in [1.807, 2.05) is 0 Å². The summed E-state index contributed by atoms with van der Waals surface area (Å²) in [6.07, 6.45) is 0. The Morgan fingerprint density at radius 1 is 1.22 bits per heavy atom. The quantitative estimate of drug-likeness (QED) is 0.223. The molecule has 7 nitrogen and oxygen atoms in total. The molecule has 0 aliphatic heterocycles. The van der Waals surface area contributed by atoms with E-state index < -0.39 is 14.7 Å². The van der Waals surface area contributed by atoms with E-state index in [1.165, 1.54) is 13.8 Å². The molecule has 0 bridgehead atoms. The Bertz CT molecular complexity index is 374. The van der Waals surface area contributed by atoms with E-state index in [1.54, 1.807) is 0 Å². The predicted octanol–water partition coefficient (Wildman–Crippen LogP) is -1.79. The number of hydrogen-bond acceptors (Lipinski definition) is 6. The van der Waals surface area contributed by atoms with Gasteiger partial charge in [-0.25, -0.2) is 0 Å². The van der Waals surface area contributed by atoms with Crippen molar-refractivity contribution in [2.45, 2.75) is 18.4 Å². The predicted molar refractivity (Wildman–Crippen MR) is 72.2 cm³/mol. The minimum absolute atomic E-state index is 0. The van der Waals surface area contributed by atoms with Crippen LogP contribution >= 0.6 is 12.6 Å². The Kier molecular flexibility index (Phi) is 11.4. The Hall–Kier alpha value is 0.200. The van der Waals surface area contributed by atoms with Crippen molar-refractivity contribution in [3.8, 4) is 0 Å². The average molecular weight is 308 g/mol. The van der Waals surface area contributed by atoms with Crippen molar-refractivity contribution in [2.75, 3.05) is 19.7 Å². The third kappa shape index (κ3) is 10.2. The Morgan fingerprint density at radius 2 is 1.72 bits per heavy atom. The molecule has 0 spiro atoms. The first-order valence-electron chi connectivity index (χ1n) is 4.81. The van der Waals surface area contributed by atoms with Gasteiger partial charge in [0, 0.05) is 26.9 Å². The van der Waals surface area contributed by atoms with Gasteiger partial charge in [0.2, 0.25) is 11.8 Å². The van der Waals surface area contributed by atoms with E-state index >= 15 is 0 Å². The Morgan fingerprint density at radius 3 is 2.17 bits per heavy atom. The number of carbonyl (C=O) groups excluding carboxylic acids is 2. The van der Waals surface area contributed by atoms with Crippen LogP contribution in [0.15, 0.2) is 0 Å². The molecular formula is C8H17N2NaO5S2. The SMILES string of the molecule is CC(=O)NCCOS(=O)(=O)C(S)CNC(C)=O.[NaH]. The molecule has 2 N–H and O–H groups in total. The van der Waals surface area contributed by atoms with Gasteiger partial charge in [-0.3, -0.25) is 13.8 Å². The number of rotatable bonds is 7. The van der Waals surface area contributed by atoms with E-state index in [0.717, 1.165) is 0 Å². The zero-order valence-corrected chi connectivity index (χ0v) is 11.3. The molecular weight excluding hydrogens is 291 g/mol. The number of carbonyl (C=O) groups is 2. The van der Waals surface area contributed by atoms with Gasteiger partial charge in [-0.05, 0) is 0 Å². The molecule has 0 aromatic heterocycles. The number of hydrogen-bond donors (Lipinski definition) is 3. The molecule has 1 atom stereocenters. The molecule has 0 aromatic carbocycles. The molecule has 0 radical (unpaired) electrons. The summed E-state index contributed by atoms with van der Waals surface area (Å²) < 4.78 is 26.3. The summed E-state index contributed by atoms with van der Waals surface area (Å²) in [4.78, 5) is 21.1. The van der Waals surface area contributed by atoms with Crippen molar-refractivity contribution >= 4 is 64.1 Å². The molecule has 0 rings (SSSR count). The number of nitrogens with one attached hydrogen (secondary N) is 2. The molecule has 0 aromatic rings. The molecule has 10 heteroatoms. The molecule has 1 unspecified atom stereocenters. The van der Waals surface area contributed by atoms with Crippen LogP contribution in [0, 0.1) is 0 Å². The first-order valence-corrected chi connectivity index (χ1v) is 6.79. The summed E-state index contributed by atoms with van der Waals surface area (Å²) in [6.45, 7) is 2.37. The maximum absolute atomic E-state index is 11.4. The van der Waals surface area contributed by atoms with Crippen molar-refractivity contribution in [2.24, 2.45) is 0 Å². The second-order valence-electron chi connectivity index (χ2n) is 3.19. The molecule has 0 saturated heterocycles. The van der Waals surface area contributed by atoms with Crippen LogP contribution in [0.3, 0.4) is 0 Å². The van der Waals surface area contributed by atoms with E-state index in [9.17, 15) is 18.0 Å². The average Bonchev–Trinajstić information content (AvgIpc) is 2.20. The van der Waals surface area contributed by atoms with Crippen LogP contribution in [0.25, 0.3) is 0 Å². The molecule has 0 aliphatic rings. The first-order chi connectivity index (χ1) is 7.75. The van der Waals surface area contributed by atoms with E-state index in [-0.39, 0.29) is 61.1 Å². The van der Waals surface area contributed by atoms with Crippen molar-refractivity contribution in [3.05, 3.63) is 0 Å². The minimum atomic E-state index is -3.86. The zero-order valence-electron chi connectivity index (χ0n) is 9.60. The molecule has 2 amide bonds. The van der Waals surface area contributed by atoms with Gasteiger partial charge in [-0.2, -0.15) is 21.0 Å². The van der Waals surface area contributed by atoms with E-state index in [4.69, 9.17) is 0 Å². The fourth-order valence-corrected chi connectivity index (χ4v) is 1.83. The van der Waals surface area contributed by atoms with Crippen molar-refractivity contribution < 1.29 is 22.2 Å². The van der Waals surface area contributed by atoms with Crippen LogP contribution < -0.4 is 10.6 Å². The zero-order chi connectivity index (χ0) is 13.5. The van der Waals surface area contributed by atoms with Gasteiger partial charge < -0.3 is 10.6 Å². The monoisotopic (exact) mass is 308 g/mol. The van der Waals surface area contributed by atoms with Crippen LogP contribution in [0.4, 0.5) is 0 Å². The van der Waals surface area contributed by atoms with Crippen LogP contribution in [-0.4, -0.2) is 74.1 Å². The van der Waals surface area contributed by atoms with Gasteiger partial charge in [0.1, 0.15) is 4.58 Å². The first kappa shape index (κ1) is 20.5. The summed E-state index contributed by atoms with van der Waals surface area (Å²) in [5.41, 5.74) is 0. The van der Waals surface area contributed by atoms with Crippen molar-refractivity contribution in [1.29, 1.82) is 0 Å². The van der Waals surface area contributed by atoms with Crippen LogP contribution in [0.5, 0.6) is 0 Å². The van der Waals surface area contributed by atoms with Crippen LogP contribution in [0.1, 0.15) is 13.8 Å². The molecule has 18 heavy (non-hydrogen) atoms. The fourth-order valence-electron chi connectivity index (χ4n) is 0.797. The van der Waals surface area contributed by atoms with Gasteiger partial charge in [-0.1, -0.05) is 0 Å². The second-order valence-corrected chi connectivity index (χ2v) is 5.95. The third-order valence-electron chi connectivity index (χ3n) is 1.58. The fraction of sp³-hybridized carbons (Fsp3) is 0.750. The van der Waals surface area contributed by atoms with Gasteiger partial charge in [0.25, 0.3) is 10.1 Å². The molecule has 0 saturated carbocycles. The van der Waals surface area contributed by atoms with Gasteiger partial charge in [-0.15, -0.1) is 0 Å². The van der Waals surface area contributed by atoms with Crippen molar-refractivity contribution in [1.82, 2.24) is 10.6 Å². The molecule has 0 fully saturated rings. The van der Waals surface area contributed by atoms with Gasteiger partial charge in [0.05, 0.1) is 6.61 Å². The summed E-state index contributed by atoms with van der Waals surface area (Å²) >= 11 is 3.81. The molecule has 0 aliphatic carbocycles. The summed E-state index contributed by atoms with van der Waals surface area (Å²) in [5, 5.41) is 4.70. The second kappa shape index (κ2) is 10.0. The van der Waals surface area contributed by atoms with Gasteiger partial charge in [0.15, 0.2) is 0 Å². The number of amides is 2. The Labute approximate surface area is 134 Å². The maximum atomic E-state index is 11.4. The standard InChI is InChI=1S/C8H16N2O5S2.Na.H/c1-6(11)9-3-4-15-17(13,14)8(16)5-10-7(2)12;;/h8,16H,3-5H2,1-2H3,(H,9,11)(H,10,12);;. The summed E-state index contributed by atoms with van der Waals surface area (Å²) in [5.74, 6) is -0.621. The number of thiol groups is 1. The molecule has 0 heterocycles. The van der Waals surface area contributed by atoms with Gasteiger partial charge >= 0.3 is 29.6 Å². The topological polar surface area (TPSA) is 102 Å². The normalized spacial score (nSPS) is 12.2. The molecule has 102 valence electrons. The van der Waals surface area contributed by atoms with Crippen LogP contribution in [0.2, 0.25) is 0 Å². The van der Waals surface area contributed by atoms with Crippen molar-refractivity contribution in [3.63, 3.8) is 0 Å². The van der Waals surface area contributed by atoms with Crippen LogP contribution in [-0.2, 0) is 23.9 Å². The summed E-state index contributed by atoms with van der Waals surface area (Å²) in [7, 11) is -3.86. The summed E-state index contributed by atoms with van der Waals surface area (Å²) in [6, 6.07) is 0. The Balaban J connectivity index is 0. The van der Waals surface area contributed by atoms with E-state index in [0.29, 0.717) is 0 Å². The van der Waals surface area contributed by atoms with E-state index in [2.05, 4.69) is 27.4 Å². The third-order valence-corrected chi connectivity index (χ3v) is 3.87.